The van der Waals surface area contributed by atoms with Crippen molar-refractivity contribution in [3.8, 4) is 0 Å². The summed E-state index contributed by atoms with van der Waals surface area (Å²) in [5, 5.41) is 5.65. The van der Waals surface area contributed by atoms with E-state index in [-0.39, 0.29) is 17.6 Å². The fraction of sp³-hybridized carbons (Fsp3) is 0.312. The second kappa shape index (κ2) is 7.13. The molecule has 0 saturated heterocycles. The molecule has 0 fully saturated rings. The van der Waals surface area contributed by atoms with Gasteiger partial charge in [0.25, 0.3) is 5.91 Å². The van der Waals surface area contributed by atoms with Crippen LogP contribution in [-0.2, 0) is 0 Å². The van der Waals surface area contributed by atoms with E-state index in [9.17, 15) is 13.6 Å². The summed E-state index contributed by atoms with van der Waals surface area (Å²) in [6, 6.07) is 4.91. The third-order valence-corrected chi connectivity index (χ3v) is 3.25. The van der Waals surface area contributed by atoms with E-state index in [4.69, 9.17) is 0 Å². The maximum Gasteiger partial charge on any atom is 0.270 e. The molecule has 0 bridgehead atoms. The Morgan fingerprint density at radius 2 is 1.96 bits per heavy atom. The van der Waals surface area contributed by atoms with Crippen LogP contribution in [0.25, 0.3) is 0 Å². The predicted octanol–water partition coefficient (Wildman–Crippen LogP) is 3.34. The van der Waals surface area contributed by atoms with Crippen LogP contribution in [0, 0.1) is 18.6 Å². The smallest absolute Gasteiger partial charge is 0.270 e. The van der Waals surface area contributed by atoms with Gasteiger partial charge >= 0.3 is 0 Å². The molecule has 1 aromatic carbocycles. The van der Waals surface area contributed by atoms with Crippen molar-refractivity contribution in [1.29, 1.82) is 0 Å². The van der Waals surface area contributed by atoms with Crippen LogP contribution in [0.4, 0.5) is 20.3 Å². The van der Waals surface area contributed by atoms with Crippen LogP contribution < -0.4 is 10.6 Å². The number of amides is 1. The number of anilines is 2. The first-order valence-corrected chi connectivity index (χ1v) is 7.27. The highest BCUT2D eigenvalue weighted by atomic mass is 19.2. The molecular formula is C16H18F2N4O. The molecule has 7 heteroatoms. The number of aromatic nitrogens is 2. The van der Waals surface area contributed by atoms with E-state index in [1.807, 2.05) is 13.8 Å². The SMILES string of the molecule is CCC(C)NC(=O)c1cc(Nc2ccc(F)c(F)c2)nc(C)n1. The molecule has 0 spiro atoms. The average molecular weight is 320 g/mol. The number of halogens is 2. The van der Waals surface area contributed by atoms with Crippen LogP contribution in [0.2, 0.25) is 0 Å². The van der Waals surface area contributed by atoms with Crippen molar-refractivity contribution in [3.05, 3.63) is 47.4 Å². The molecule has 1 aromatic heterocycles. The minimum absolute atomic E-state index is 0.0281. The molecule has 1 heterocycles. The van der Waals surface area contributed by atoms with Gasteiger partial charge in [0.2, 0.25) is 0 Å². The van der Waals surface area contributed by atoms with Gasteiger partial charge in [-0.05, 0) is 32.4 Å². The highest BCUT2D eigenvalue weighted by molar-refractivity contribution is 5.93. The monoisotopic (exact) mass is 320 g/mol. The predicted molar refractivity (Wildman–Crippen MR) is 83.6 cm³/mol. The van der Waals surface area contributed by atoms with E-state index in [1.54, 1.807) is 6.92 Å². The highest BCUT2D eigenvalue weighted by Crippen LogP contribution is 2.18. The Labute approximate surface area is 133 Å². The summed E-state index contributed by atoms with van der Waals surface area (Å²) in [6.07, 6.45) is 0.801. The quantitative estimate of drug-likeness (QED) is 0.887. The van der Waals surface area contributed by atoms with Gasteiger partial charge in [-0.1, -0.05) is 6.92 Å². The number of hydrogen-bond donors (Lipinski definition) is 2. The zero-order valence-corrected chi connectivity index (χ0v) is 13.2. The number of nitrogens with zero attached hydrogens (tertiary/aromatic N) is 2. The number of benzene rings is 1. The van der Waals surface area contributed by atoms with Crippen molar-refractivity contribution < 1.29 is 13.6 Å². The van der Waals surface area contributed by atoms with Gasteiger partial charge < -0.3 is 10.6 Å². The first kappa shape index (κ1) is 16.8. The maximum absolute atomic E-state index is 13.2. The van der Waals surface area contributed by atoms with Crippen LogP contribution in [0.15, 0.2) is 24.3 Å². The van der Waals surface area contributed by atoms with E-state index in [0.717, 1.165) is 18.6 Å². The fourth-order valence-corrected chi connectivity index (χ4v) is 1.87. The molecule has 2 aromatic rings. The summed E-state index contributed by atoms with van der Waals surface area (Å²) in [7, 11) is 0. The maximum atomic E-state index is 13.2. The van der Waals surface area contributed by atoms with Gasteiger partial charge in [-0.25, -0.2) is 18.7 Å². The van der Waals surface area contributed by atoms with E-state index in [0.29, 0.717) is 17.3 Å². The Morgan fingerprint density at radius 3 is 2.61 bits per heavy atom. The molecule has 5 nitrogen and oxygen atoms in total. The number of carbonyl (C=O) groups is 1. The number of rotatable bonds is 5. The summed E-state index contributed by atoms with van der Waals surface area (Å²) in [5.41, 5.74) is 0.540. The molecule has 1 unspecified atom stereocenters. The van der Waals surface area contributed by atoms with Gasteiger partial charge in [0.1, 0.15) is 17.3 Å². The lowest BCUT2D eigenvalue weighted by atomic mass is 10.2. The minimum Gasteiger partial charge on any atom is -0.348 e. The van der Waals surface area contributed by atoms with E-state index < -0.39 is 11.6 Å². The Balaban J connectivity index is 2.22. The van der Waals surface area contributed by atoms with Gasteiger partial charge in [0, 0.05) is 23.9 Å². The fourth-order valence-electron chi connectivity index (χ4n) is 1.87. The molecule has 2 rings (SSSR count). The minimum atomic E-state index is -0.962. The molecule has 0 aliphatic rings. The normalized spacial score (nSPS) is 11.9. The van der Waals surface area contributed by atoms with Crippen molar-refractivity contribution in [2.75, 3.05) is 5.32 Å². The van der Waals surface area contributed by atoms with E-state index in [2.05, 4.69) is 20.6 Å². The molecule has 1 atom stereocenters. The Bertz CT molecular complexity index is 721. The molecule has 0 radical (unpaired) electrons. The van der Waals surface area contributed by atoms with Crippen LogP contribution in [0.3, 0.4) is 0 Å². The van der Waals surface area contributed by atoms with Gasteiger partial charge in [-0.3, -0.25) is 4.79 Å². The van der Waals surface area contributed by atoms with Crippen molar-refractivity contribution >= 4 is 17.4 Å². The van der Waals surface area contributed by atoms with Crippen molar-refractivity contribution in [2.45, 2.75) is 33.2 Å². The summed E-state index contributed by atoms with van der Waals surface area (Å²) in [6.45, 7) is 5.51. The van der Waals surface area contributed by atoms with E-state index >= 15 is 0 Å². The first-order chi connectivity index (χ1) is 10.9. The van der Waals surface area contributed by atoms with Crippen LogP contribution >= 0.6 is 0 Å². The topological polar surface area (TPSA) is 66.9 Å². The first-order valence-electron chi connectivity index (χ1n) is 7.27. The Kier molecular flexibility index (Phi) is 5.20. The van der Waals surface area contributed by atoms with Crippen molar-refractivity contribution in [1.82, 2.24) is 15.3 Å². The summed E-state index contributed by atoms with van der Waals surface area (Å²) in [5.74, 6) is -1.47. The molecule has 0 aliphatic carbocycles. The van der Waals surface area contributed by atoms with Crippen LogP contribution in [0.5, 0.6) is 0 Å². The molecule has 1 amide bonds. The lowest BCUT2D eigenvalue weighted by molar-refractivity contribution is 0.0934. The van der Waals surface area contributed by atoms with Gasteiger partial charge in [-0.2, -0.15) is 0 Å². The standard InChI is InChI=1S/C16H18F2N4O/c1-4-9(2)19-16(23)14-8-15(21-10(3)20-14)22-11-5-6-12(17)13(18)7-11/h5-9H,4H2,1-3H3,(H,19,23)(H,20,21,22). The Hall–Kier alpha value is -2.57. The van der Waals surface area contributed by atoms with Crippen molar-refractivity contribution in [2.24, 2.45) is 0 Å². The number of hydrogen-bond acceptors (Lipinski definition) is 4. The lowest BCUT2D eigenvalue weighted by Gasteiger charge is -2.12. The molecule has 0 aliphatic heterocycles. The highest BCUT2D eigenvalue weighted by Gasteiger charge is 2.13. The Morgan fingerprint density at radius 1 is 1.22 bits per heavy atom. The van der Waals surface area contributed by atoms with Crippen molar-refractivity contribution in [3.63, 3.8) is 0 Å². The number of carbonyl (C=O) groups excluding carboxylic acids is 1. The van der Waals surface area contributed by atoms with Crippen LogP contribution in [-0.4, -0.2) is 21.9 Å². The molecule has 2 N–H and O–H groups in total. The van der Waals surface area contributed by atoms with Gasteiger partial charge in [0.15, 0.2) is 11.6 Å². The van der Waals surface area contributed by atoms with Gasteiger partial charge in [0.05, 0.1) is 0 Å². The average Bonchev–Trinajstić information content (AvgIpc) is 2.50. The summed E-state index contributed by atoms with van der Waals surface area (Å²) in [4.78, 5) is 20.4. The zero-order valence-electron chi connectivity index (χ0n) is 13.2. The molecule has 23 heavy (non-hydrogen) atoms. The van der Waals surface area contributed by atoms with Gasteiger partial charge in [-0.15, -0.1) is 0 Å². The van der Waals surface area contributed by atoms with Crippen LogP contribution in [0.1, 0.15) is 36.6 Å². The summed E-state index contributed by atoms with van der Waals surface area (Å²) >= 11 is 0. The molecular weight excluding hydrogens is 302 g/mol. The van der Waals surface area contributed by atoms with E-state index in [1.165, 1.54) is 12.1 Å². The largest absolute Gasteiger partial charge is 0.348 e. The lowest BCUT2D eigenvalue weighted by Crippen LogP contribution is -2.32. The molecule has 122 valence electrons. The third kappa shape index (κ3) is 4.45. The number of aryl methyl sites for hydroxylation is 1. The summed E-state index contributed by atoms with van der Waals surface area (Å²) < 4.78 is 26.2. The second-order valence-corrected chi connectivity index (χ2v) is 5.22. The second-order valence-electron chi connectivity index (χ2n) is 5.22. The zero-order chi connectivity index (χ0) is 17.0. The molecule has 0 saturated carbocycles. The third-order valence-electron chi connectivity index (χ3n) is 3.25. The number of nitrogens with one attached hydrogen (secondary N) is 2.